The highest BCUT2D eigenvalue weighted by Gasteiger charge is 2.28. The number of imidazole rings is 1. The Morgan fingerprint density at radius 1 is 0.786 bits per heavy atom. The molecule has 3 aromatic rings. The zero-order valence-electron chi connectivity index (χ0n) is 23.9. The molecular weight excluding hydrogens is 536 g/mol. The predicted octanol–water partition coefficient (Wildman–Crippen LogP) is 4.03. The smallest absolute Gasteiger partial charge is 0.257 e. The highest BCUT2D eigenvalue weighted by molar-refractivity contribution is 5.98. The number of carbonyl (C=O) groups excluding carboxylic acids is 2. The van der Waals surface area contributed by atoms with Crippen LogP contribution in [0.3, 0.4) is 0 Å². The van der Waals surface area contributed by atoms with Gasteiger partial charge in [0.25, 0.3) is 11.8 Å². The SMILES string of the molecule is O=C(c1cccc2c1OCCO2)N1CCCCN(C(=O)[C@H]2CCCO2)CCCOc2cccc(c2)-c2nccn2CC1. The molecule has 2 amide bonds. The van der Waals surface area contributed by atoms with Gasteiger partial charge in [0.1, 0.15) is 30.9 Å². The fourth-order valence-electron chi connectivity index (χ4n) is 5.79. The average Bonchev–Trinajstić information content (AvgIpc) is 3.73. The van der Waals surface area contributed by atoms with Crippen LogP contribution in [0.2, 0.25) is 0 Å². The van der Waals surface area contributed by atoms with Crippen LogP contribution in [-0.2, 0) is 16.1 Å². The minimum absolute atomic E-state index is 0.0545. The number of hydrogen-bond acceptors (Lipinski definition) is 7. The molecule has 0 aliphatic carbocycles. The number of aromatic nitrogens is 2. The Kier molecular flexibility index (Phi) is 8.89. The van der Waals surface area contributed by atoms with Crippen molar-refractivity contribution in [2.45, 2.75) is 44.8 Å². The first-order valence-corrected chi connectivity index (χ1v) is 15.0. The van der Waals surface area contributed by atoms with Crippen LogP contribution in [0.5, 0.6) is 17.2 Å². The van der Waals surface area contributed by atoms with E-state index < -0.39 is 0 Å². The summed E-state index contributed by atoms with van der Waals surface area (Å²) < 4.78 is 25.5. The number of para-hydroxylation sites is 1. The van der Waals surface area contributed by atoms with Crippen molar-refractivity contribution in [2.24, 2.45) is 0 Å². The molecule has 3 aliphatic rings. The number of benzene rings is 2. The Labute approximate surface area is 246 Å². The third-order valence-electron chi connectivity index (χ3n) is 7.97. The third-order valence-corrected chi connectivity index (χ3v) is 7.97. The number of hydrogen-bond donors (Lipinski definition) is 0. The predicted molar refractivity (Wildman–Crippen MR) is 156 cm³/mol. The first kappa shape index (κ1) is 28.1. The van der Waals surface area contributed by atoms with Crippen molar-refractivity contribution >= 4 is 11.8 Å². The van der Waals surface area contributed by atoms with E-state index in [4.69, 9.17) is 18.9 Å². The number of nitrogens with zero attached hydrogens (tertiary/aromatic N) is 4. The van der Waals surface area contributed by atoms with Crippen LogP contribution in [0, 0.1) is 0 Å². The van der Waals surface area contributed by atoms with Crippen molar-refractivity contribution in [2.75, 3.05) is 52.6 Å². The monoisotopic (exact) mass is 574 g/mol. The second-order valence-electron chi connectivity index (χ2n) is 10.8. The van der Waals surface area contributed by atoms with Crippen molar-refractivity contribution in [1.82, 2.24) is 19.4 Å². The summed E-state index contributed by atoms with van der Waals surface area (Å²) in [7, 11) is 0. The molecule has 2 aromatic carbocycles. The van der Waals surface area contributed by atoms with Gasteiger partial charge in [-0.25, -0.2) is 4.98 Å². The van der Waals surface area contributed by atoms with Crippen LogP contribution in [0.15, 0.2) is 54.9 Å². The zero-order chi connectivity index (χ0) is 28.7. The lowest BCUT2D eigenvalue weighted by atomic mass is 10.1. The Bertz CT molecular complexity index is 1380. The third kappa shape index (κ3) is 6.38. The normalized spacial score (nSPS) is 19.9. The van der Waals surface area contributed by atoms with Crippen LogP contribution < -0.4 is 14.2 Å². The Morgan fingerprint density at radius 3 is 2.50 bits per heavy atom. The van der Waals surface area contributed by atoms with Gasteiger partial charge in [-0.15, -0.1) is 0 Å². The lowest BCUT2D eigenvalue weighted by Gasteiger charge is -2.28. The van der Waals surface area contributed by atoms with Gasteiger partial charge in [0.05, 0.1) is 12.2 Å². The molecule has 42 heavy (non-hydrogen) atoms. The number of rotatable bonds is 2. The van der Waals surface area contributed by atoms with Crippen LogP contribution in [-0.4, -0.2) is 89.9 Å². The molecule has 1 aromatic heterocycles. The van der Waals surface area contributed by atoms with E-state index in [9.17, 15) is 9.59 Å². The summed E-state index contributed by atoms with van der Waals surface area (Å²) >= 11 is 0. The van der Waals surface area contributed by atoms with Crippen molar-refractivity contribution in [3.8, 4) is 28.6 Å². The van der Waals surface area contributed by atoms with Gasteiger partial charge in [-0.1, -0.05) is 18.2 Å². The molecule has 10 nitrogen and oxygen atoms in total. The highest BCUT2D eigenvalue weighted by Crippen LogP contribution is 2.34. The fourth-order valence-corrected chi connectivity index (χ4v) is 5.79. The maximum absolute atomic E-state index is 14.0. The van der Waals surface area contributed by atoms with Gasteiger partial charge in [-0.3, -0.25) is 9.59 Å². The summed E-state index contributed by atoms with van der Waals surface area (Å²) in [5, 5.41) is 0. The van der Waals surface area contributed by atoms with E-state index in [0.29, 0.717) is 82.6 Å². The van der Waals surface area contributed by atoms with Gasteiger partial charge >= 0.3 is 0 Å². The highest BCUT2D eigenvalue weighted by atomic mass is 16.6. The minimum atomic E-state index is -0.358. The molecular formula is C32H38N4O6. The Balaban J connectivity index is 1.25. The van der Waals surface area contributed by atoms with Gasteiger partial charge in [-0.2, -0.15) is 0 Å². The largest absolute Gasteiger partial charge is 0.494 e. The quantitative estimate of drug-likeness (QED) is 0.456. The molecule has 2 bridgehead atoms. The summed E-state index contributed by atoms with van der Waals surface area (Å²) in [5.74, 6) is 2.64. The van der Waals surface area contributed by atoms with E-state index >= 15 is 0 Å². The Morgan fingerprint density at radius 2 is 1.62 bits per heavy atom. The van der Waals surface area contributed by atoms with Crippen molar-refractivity contribution in [3.05, 3.63) is 60.4 Å². The van der Waals surface area contributed by atoms with E-state index in [2.05, 4.69) is 9.55 Å². The second kappa shape index (κ2) is 13.3. The molecule has 0 spiro atoms. The molecule has 3 aliphatic heterocycles. The van der Waals surface area contributed by atoms with Crippen molar-refractivity contribution < 1.29 is 28.5 Å². The van der Waals surface area contributed by atoms with Crippen molar-refractivity contribution in [3.63, 3.8) is 0 Å². The first-order valence-electron chi connectivity index (χ1n) is 15.0. The van der Waals surface area contributed by atoms with Gasteiger partial charge < -0.3 is 33.3 Å². The molecule has 0 saturated carbocycles. The van der Waals surface area contributed by atoms with E-state index in [1.54, 1.807) is 12.3 Å². The molecule has 1 saturated heterocycles. The second-order valence-corrected chi connectivity index (χ2v) is 10.8. The maximum atomic E-state index is 14.0. The minimum Gasteiger partial charge on any atom is -0.494 e. The standard InChI is InChI=1S/C32H38N4O6/c37-31(26-9-4-10-27-29(26)42-22-21-41-27)36-14-2-1-13-35(32(38)28-11-5-19-40-28)15-6-20-39-25-8-3-7-24(23-25)30-33-12-16-34(30)17-18-36/h3-4,7-10,12,16,23,28H,1-2,5-6,11,13-15,17-22H2/t28-/m1/s1. The Hall–Kier alpha value is -4.05. The lowest BCUT2D eigenvalue weighted by Crippen LogP contribution is -2.41. The van der Waals surface area contributed by atoms with E-state index in [1.807, 2.05) is 52.4 Å². The molecule has 0 unspecified atom stereocenters. The number of fused-ring (bicyclic) bond motifs is 5. The molecule has 10 heteroatoms. The topological polar surface area (TPSA) is 95.4 Å². The summed E-state index contributed by atoms with van der Waals surface area (Å²) in [5.41, 5.74) is 1.45. The van der Waals surface area contributed by atoms with Crippen LogP contribution in [0.4, 0.5) is 0 Å². The van der Waals surface area contributed by atoms with Crippen LogP contribution in [0.1, 0.15) is 42.5 Å². The number of carbonyl (C=O) groups is 2. The summed E-state index contributed by atoms with van der Waals surface area (Å²) in [6.45, 7) is 4.83. The van der Waals surface area contributed by atoms with E-state index in [0.717, 1.165) is 42.8 Å². The van der Waals surface area contributed by atoms with Crippen LogP contribution in [0.25, 0.3) is 11.4 Å². The molecule has 1 fully saturated rings. The number of amides is 2. The molecule has 6 rings (SSSR count). The average molecular weight is 575 g/mol. The van der Waals surface area contributed by atoms with Crippen molar-refractivity contribution in [1.29, 1.82) is 0 Å². The lowest BCUT2D eigenvalue weighted by molar-refractivity contribution is -0.141. The zero-order valence-corrected chi connectivity index (χ0v) is 23.9. The maximum Gasteiger partial charge on any atom is 0.257 e. The van der Waals surface area contributed by atoms with Gasteiger partial charge in [0.15, 0.2) is 11.5 Å². The van der Waals surface area contributed by atoms with Gasteiger partial charge in [0, 0.05) is 57.3 Å². The summed E-state index contributed by atoms with van der Waals surface area (Å²) in [6.07, 6.45) is 7.28. The van der Waals surface area contributed by atoms with E-state index in [1.165, 1.54) is 0 Å². The number of ether oxygens (including phenoxy) is 4. The van der Waals surface area contributed by atoms with Gasteiger partial charge in [0.2, 0.25) is 0 Å². The van der Waals surface area contributed by atoms with Crippen LogP contribution >= 0.6 is 0 Å². The molecule has 222 valence electrons. The summed E-state index contributed by atoms with van der Waals surface area (Å²) in [4.78, 5) is 35.6. The molecule has 4 heterocycles. The molecule has 0 N–H and O–H groups in total. The first-order chi connectivity index (χ1) is 20.7. The molecule has 0 radical (unpaired) electrons. The van der Waals surface area contributed by atoms with Gasteiger partial charge in [-0.05, 0) is 56.4 Å². The molecule has 1 atom stereocenters. The summed E-state index contributed by atoms with van der Waals surface area (Å²) in [6, 6.07) is 13.4. The van der Waals surface area contributed by atoms with E-state index in [-0.39, 0.29) is 17.9 Å². The fraction of sp³-hybridized carbons (Fsp3) is 0.469.